The SMILES string of the molecule is COC(COc1cccc(OC(=O)Nc2ccc(F)cc2)c1)OC. The van der Waals surface area contributed by atoms with Gasteiger partial charge < -0.3 is 18.9 Å². The smallest absolute Gasteiger partial charge is 0.417 e. The number of carbonyl (C=O) groups is 1. The zero-order valence-corrected chi connectivity index (χ0v) is 13.3. The molecule has 0 saturated heterocycles. The lowest BCUT2D eigenvalue weighted by molar-refractivity contribution is -0.121. The Hall–Kier alpha value is -2.64. The molecule has 1 N–H and O–H groups in total. The third-order valence-electron chi connectivity index (χ3n) is 3.02. The molecule has 2 rings (SSSR count). The molecule has 0 radical (unpaired) electrons. The van der Waals surface area contributed by atoms with Crippen molar-refractivity contribution in [2.24, 2.45) is 0 Å². The molecule has 2 aromatic rings. The van der Waals surface area contributed by atoms with Crippen LogP contribution >= 0.6 is 0 Å². The molecule has 0 unspecified atom stereocenters. The number of nitrogens with one attached hydrogen (secondary N) is 1. The fourth-order valence-electron chi connectivity index (χ4n) is 1.81. The van der Waals surface area contributed by atoms with E-state index in [0.29, 0.717) is 17.2 Å². The number of carbonyl (C=O) groups excluding carboxylic acids is 1. The molecule has 0 aliphatic rings. The van der Waals surface area contributed by atoms with Crippen LogP contribution in [0.25, 0.3) is 0 Å². The Kier molecular flexibility index (Phi) is 6.53. The lowest BCUT2D eigenvalue weighted by Gasteiger charge is -2.14. The molecule has 0 aliphatic heterocycles. The monoisotopic (exact) mass is 335 g/mol. The van der Waals surface area contributed by atoms with Crippen LogP contribution in [0.15, 0.2) is 48.5 Å². The summed E-state index contributed by atoms with van der Waals surface area (Å²) in [7, 11) is 3.02. The second-order valence-electron chi connectivity index (χ2n) is 4.71. The van der Waals surface area contributed by atoms with Gasteiger partial charge in [0.15, 0.2) is 6.29 Å². The van der Waals surface area contributed by atoms with E-state index in [4.69, 9.17) is 18.9 Å². The van der Waals surface area contributed by atoms with E-state index in [1.54, 1.807) is 24.3 Å². The average Bonchev–Trinajstić information content (AvgIpc) is 2.58. The minimum Gasteiger partial charge on any atom is -0.488 e. The first kappa shape index (κ1) is 17.7. The van der Waals surface area contributed by atoms with Crippen LogP contribution in [0.4, 0.5) is 14.9 Å². The predicted molar refractivity (Wildman–Crippen MR) is 85.8 cm³/mol. The van der Waals surface area contributed by atoms with E-state index in [9.17, 15) is 9.18 Å². The van der Waals surface area contributed by atoms with Crippen LogP contribution in [0.5, 0.6) is 11.5 Å². The molecule has 1 amide bonds. The Morgan fingerprint density at radius 1 is 1.08 bits per heavy atom. The summed E-state index contributed by atoms with van der Waals surface area (Å²) in [5, 5.41) is 2.50. The molecule has 0 atom stereocenters. The number of halogens is 1. The Balaban J connectivity index is 1.91. The highest BCUT2D eigenvalue weighted by Crippen LogP contribution is 2.20. The van der Waals surface area contributed by atoms with Gasteiger partial charge in [0.25, 0.3) is 0 Å². The van der Waals surface area contributed by atoms with Gasteiger partial charge in [-0.3, -0.25) is 5.32 Å². The summed E-state index contributed by atoms with van der Waals surface area (Å²) >= 11 is 0. The Morgan fingerprint density at radius 2 is 1.75 bits per heavy atom. The molecule has 128 valence electrons. The van der Waals surface area contributed by atoms with Gasteiger partial charge in [-0.25, -0.2) is 9.18 Å². The largest absolute Gasteiger partial charge is 0.488 e. The van der Waals surface area contributed by atoms with E-state index in [0.717, 1.165) is 0 Å². The number of ether oxygens (including phenoxy) is 4. The van der Waals surface area contributed by atoms with Crippen molar-refractivity contribution >= 4 is 11.8 Å². The summed E-state index contributed by atoms with van der Waals surface area (Å²) in [6.45, 7) is 0.193. The van der Waals surface area contributed by atoms with Crippen molar-refractivity contribution in [2.75, 3.05) is 26.1 Å². The highest BCUT2D eigenvalue weighted by Gasteiger charge is 2.09. The number of methoxy groups -OCH3 is 2. The quantitative estimate of drug-likeness (QED) is 0.785. The van der Waals surface area contributed by atoms with Gasteiger partial charge >= 0.3 is 6.09 Å². The zero-order chi connectivity index (χ0) is 17.4. The number of rotatable bonds is 7. The molecule has 6 nitrogen and oxygen atoms in total. The molecule has 0 heterocycles. The number of anilines is 1. The molecule has 0 aliphatic carbocycles. The van der Waals surface area contributed by atoms with Crippen molar-refractivity contribution < 1.29 is 28.1 Å². The number of hydrogen-bond donors (Lipinski definition) is 1. The minimum atomic E-state index is -0.689. The molecule has 0 spiro atoms. The first-order chi connectivity index (χ1) is 11.6. The summed E-state index contributed by atoms with van der Waals surface area (Å²) in [5.41, 5.74) is 0.428. The Labute approximate surface area is 139 Å². The van der Waals surface area contributed by atoms with Gasteiger partial charge in [-0.05, 0) is 36.4 Å². The van der Waals surface area contributed by atoms with Crippen molar-refractivity contribution in [1.29, 1.82) is 0 Å². The van der Waals surface area contributed by atoms with Gasteiger partial charge in [0.05, 0.1) is 0 Å². The molecule has 7 heteroatoms. The van der Waals surface area contributed by atoms with Gasteiger partial charge in [-0.15, -0.1) is 0 Å². The Bertz CT molecular complexity index is 658. The van der Waals surface area contributed by atoms with E-state index >= 15 is 0 Å². The van der Waals surface area contributed by atoms with Crippen LogP contribution in [0.3, 0.4) is 0 Å². The van der Waals surface area contributed by atoms with E-state index in [1.165, 1.54) is 38.5 Å². The lowest BCUT2D eigenvalue weighted by atomic mass is 10.3. The van der Waals surface area contributed by atoms with Crippen LogP contribution < -0.4 is 14.8 Å². The van der Waals surface area contributed by atoms with Gasteiger partial charge in [-0.2, -0.15) is 0 Å². The van der Waals surface area contributed by atoms with Gasteiger partial charge in [-0.1, -0.05) is 6.07 Å². The third-order valence-corrected chi connectivity index (χ3v) is 3.02. The molecular formula is C17H18FNO5. The Morgan fingerprint density at radius 3 is 2.42 bits per heavy atom. The predicted octanol–water partition coefficient (Wildman–Crippen LogP) is 3.43. The summed E-state index contributed by atoms with van der Waals surface area (Å²) in [5.74, 6) is 0.420. The number of benzene rings is 2. The third kappa shape index (κ3) is 5.53. The van der Waals surface area contributed by atoms with E-state index in [1.807, 2.05) is 0 Å². The lowest BCUT2D eigenvalue weighted by Crippen LogP contribution is -2.22. The number of amides is 1. The molecule has 0 saturated carbocycles. The van der Waals surface area contributed by atoms with Gasteiger partial charge in [0.1, 0.15) is 23.9 Å². The van der Waals surface area contributed by atoms with Crippen molar-refractivity contribution in [2.45, 2.75) is 6.29 Å². The second-order valence-corrected chi connectivity index (χ2v) is 4.71. The van der Waals surface area contributed by atoms with Gasteiger partial charge in [0.2, 0.25) is 0 Å². The fraction of sp³-hybridized carbons (Fsp3) is 0.235. The topological polar surface area (TPSA) is 66.0 Å². The normalized spacial score (nSPS) is 10.5. The molecule has 0 fully saturated rings. The summed E-state index contributed by atoms with van der Waals surface area (Å²) in [4.78, 5) is 11.8. The molecule has 24 heavy (non-hydrogen) atoms. The molecular weight excluding hydrogens is 317 g/mol. The van der Waals surface area contributed by atoms with Gasteiger partial charge in [0, 0.05) is 26.0 Å². The van der Waals surface area contributed by atoms with Crippen LogP contribution in [0.1, 0.15) is 0 Å². The van der Waals surface area contributed by atoms with E-state index in [2.05, 4.69) is 5.32 Å². The van der Waals surface area contributed by atoms with Crippen LogP contribution in [0, 0.1) is 5.82 Å². The summed E-state index contributed by atoms with van der Waals surface area (Å²) in [6.07, 6.45) is -1.18. The highest BCUT2D eigenvalue weighted by atomic mass is 19.1. The summed E-state index contributed by atoms with van der Waals surface area (Å²) in [6, 6.07) is 11.9. The van der Waals surface area contributed by atoms with Crippen LogP contribution in [-0.4, -0.2) is 33.2 Å². The summed E-state index contributed by atoms with van der Waals surface area (Å²) < 4.78 is 33.5. The standard InChI is InChI=1S/C17H18FNO5/c1-21-16(22-2)11-23-14-4-3-5-15(10-14)24-17(20)19-13-8-6-12(18)7-9-13/h3-10,16H,11H2,1-2H3,(H,19,20). The minimum absolute atomic E-state index is 0.193. The maximum Gasteiger partial charge on any atom is 0.417 e. The van der Waals surface area contributed by atoms with Crippen LogP contribution in [-0.2, 0) is 9.47 Å². The fourth-order valence-corrected chi connectivity index (χ4v) is 1.81. The highest BCUT2D eigenvalue weighted by molar-refractivity contribution is 5.86. The van der Waals surface area contributed by atoms with Crippen molar-refractivity contribution in [1.82, 2.24) is 0 Å². The average molecular weight is 335 g/mol. The van der Waals surface area contributed by atoms with E-state index < -0.39 is 12.4 Å². The second kappa shape index (κ2) is 8.85. The van der Waals surface area contributed by atoms with Crippen molar-refractivity contribution in [3.8, 4) is 11.5 Å². The maximum atomic E-state index is 12.8. The number of hydrogen-bond acceptors (Lipinski definition) is 5. The molecule has 2 aromatic carbocycles. The van der Waals surface area contributed by atoms with E-state index in [-0.39, 0.29) is 12.4 Å². The van der Waals surface area contributed by atoms with Crippen molar-refractivity contribution in [3.05, 3.63) is 54.3 Å². The zero-order valence-electron chi connectivity index (χ0n) is 13.3. The first-order valence-electron chi connectivity index (χ1n) is 7.13. The van der Waals surface area contributed by atoms with Crippen LogP contribution in [0.2, 0.25) is 0 Å². The van der Waals surface area contributed by atoms with Crippen molar-refractivity contribution in [3.63, 3.8) is 0 Å². The first-order valence-corrected chi connectivity index (χ1v) is 7.13. The molecule has 0 aromatic heterocycles. The molecule has 0 bridgehead atoms. The maximum absolute atomic E-state index is 12.8.